The van der Waals surface area contributed by atoms with Crippen molar-refractivity contribution in [2.75, 3.05) is 0 Å². The van der Waals surface area contributed by atoms with Crippen molar-refractivity contribution in [1.82, 2.24) is 15.0 Å². The van der Waals surface area contributed by atoms with Crippen LogP contribution < -0.4 is 0 Å². The van der Waals surface area contributed by atoms with Gasteiger partial charge < -0.3 is 4.98 Å². The molecule has 0 saturated carbocycles. The number of aromatic nitrogens is 3. The van der Waals surface area contributed by atoms with E-state index in [-0.39, 0.29) is 0 Å². The number of aryl methyl sites for hydroxylation is 1. The number of hydrogen-bond donors (Lipinski definition) is 1. The smallest absolute Gasteiger partial charge is 0.169 e. The SMILES string of the molecule is Cc1c[nH]c2ncnc(C=O)c12. The van der Waals surface area contributed by atoms with E-state index in [9.17, 15) is 4.79 Å². The summed E-state index contributed by atoms with van der Waals surface area (Å²) in [5.74, 6) is 0. The van der Waals surface area contributed by atoms with Crippen molar-refractivity contribution in [2.45, 2.75) is 6.92 Å². The molecule has 0 aromatic carbocycles. The Morgan fingerprint density at radius 1 is 1.50 bits per heavy atom. The molecule has 0 aliphatic carbocycles. The van der Waals surface area contributed by atoms with Gasteiger partial charge in [-0.2, -0.15) is 0 Å². The quantitative estimate of drug-likeness (QED) is 0.636. The van der Waals surface area contributed by atoms with E-state index in [1.807, 2.05) is 13.1 Å². The maximum Gasteiger partial charge on any atom is 0.169 e. The summed E-state index contributed by atoms with van der Waals surface area (Å²) in [6.45, 7) is 1.91. The number of nitrogens with zero attached hydrogens (tertiary/aromatic N) is 2. The minimum atomic E-state index is 0.443. The van der Waals surface area contributed by atoms with Crippen molar-refractivity contribution in [3.8, 4) is 0 Å². The molecule has 0 bridgehead atoms. The summed E-state index contributed by atoms with van der Waals surface area (Å²) >= 11 is 0. The van der Waals surface area contributed by atoms with Gasteiger partial charge in [-0.3, -0.25) is 4.79 Å². The third-order valence-corrected chi connectivity index (χ3v) is 1.81. The van der Waals surface area contributed by atoms with Crippen LogP contribution in [0.4, 0.5) is 0 Å². The average Bonchev–Trinajstić information content (AvgIpc) is 2.48. The Bertz CT molecular complexity index is 433. The molecule has 0 fully saturated rings. The fourth-order valence-electron chi connectivity index (χ4n) is 1.24. The van der Waals surface area contributed by atoms with Gasteiger partial charge in [-0.25, -0.2) is 9.97 Å². The molecular weight excluding hydrogens is 154 g/mol. The van der Waals surface area contributed by atoms with E-state index in [0.29, 0.717) is 11.3 Å². The van der Waals surface area contributed by atoms with Crippen LogP contribution in [0.15, 0.2) is 12.5 Å². The van der Waals surface area contributed by atoms with Gasteiger partial charge in [-0.1, -0.05) is 0 Å². The first kappa shape index (κ1) is 6.97. The summed E-state index contributed by atoms with van der Waals surface area (Å²) in [4.78, 5) is 21.4. The second-order valence-electron chi connectivity index (χ2n) is 2.57. The molecule has 0 atom stereocenters. The molecule has 4 nitrogen and oxygen atoms in total. The van der Waals surface area contributed by atoms with E-state index in [1.165, 1.54) is 6.33 Å². The van der Waals surface area contributed by atoms with Crippen LogP contribution in [-0.4, -0.2) is 21.2 Å². The lowest BCUT2D eigenvalue weighted by Crippen LogP contribution is -1.89. The Hall–Kier alpha value is -1.71. The van der Waals surface area contributed by atoms with Crippen molar-refractivity contribution in [3.63, 3.8) is 0 Å². The molecule has 2 heterocycles. The summed E-state index contributed by atoms with van der Waals surface area (Å²) in [5, 5.41) is 0.813. The number of rotatable bonds is 1. The Morgan fingerprint density at radius 3 is 3.08 bits per heavy atom. The molecule has 2 rings (SSSR count). The van der Waals surface area contributed by atoms with Gasteiger partial charge in [0.25, 0.3) is 0 Å². The second kappa shape index (κ2) is 2.41. The lowest BCUT2D eigenvalue weighted by Gasteiger charge is -1.92. The topological polar surface area (TPSA) is 58.6 Å². The predicted molar refractivity (Wildman–Crippen MR) is 44.0 cm³/mol. The lowest BCUT2D eigenvalue weighted by atomic mass is 10.2. The van der Waals surface area contributed by atoms with Crippen LogP contribution >= 0.6 is 0 Å². The summed E-state index contributed by atoms with van der Waals surface area (Å²) in [6, 6.07) is 0. The van der Waals surface area contributed by atoms with Crippen molar-refractivity contribution in [3.05, 3.63) is 23.8 Å². The number of carbonyl (C=O) groups is 1. The maximum atomic E-state index is 10.6. The molecule has 2 aromatic rings. The van der Waals surface area contributed by atoms with Gasteiger partial charge in [0.05, 0.1) is 5.39 Å². The van der Waals surface area contributed by atoms with Crippen molar-refractivity contribution >= 4 is 17.3 Å². The highest BCUT2D eigenvalue weighted by Crippen LogP contribution is 2.16. The highest BCUT2D eigenvalue weighted by atomic mass is 16.1. The minimum absolute atomic E-state index is 0.443. The minimum Gasteiger partial charge on any atom is -0.346 e. The summed E-state index contributed by atoms with van der Waals surface area (Å²) in [7, 11) is 0. The van der Waals surface area contributed by atoms with Crippen LogP contribution in [0.5, 0.6) is 0 Å². The van der Waals surface area contributed by atoms with Gasteiger partial charge in [0.15, 0.2) is 6.29 Å². The molecule has 0 spiro atoms. The first-order valence-electron chi connectivity index (χ1n) is 3.57. The molecule has 0 amide bonds. The van der Waals surface area contributed by atoms with Crippen LogP contribution in [-0.2, 0) is 0 Å². The number of aromatic amines is 1. The van der Waals surface area contributed by atoms with Gasteiger partial charge in [0.1, 0.15) is 17.7 Å². The number of hydrogen-bond acceptors (Lipinski definition) is 3. The third kappa shape index (κ3) is 0.812. The second-order valence-corrected chi connectivity index (χ2v) is 2.57. The van der Waals surface area contributed by atoms with Crippen LogP contribution in [0.2, 0.25) is 0 Å². The molecule has 0 aliphatic heterocycles. The third-order valence-electron chi connectivity index (χ3n) is 1.81. The van der Waals surface area contributed by atoms with Crippen LogP contribution in [0, 0.1) is 6.92 Å². The molecule has 4 heteroatoms. The van der Waals surface area contributed by atoms with Gasteiger partial charge >= 0.3 is 0 Å². The molecule has 0 unspecified atom stereocenters. The zero-order valence-electron chi connectivity index (χ0n) is 6.53. The molecule has 12 heavy (non-hydrogen) atoms. The number of nitrogens with one attached hydrogen (secondary N) is 1. The maximum absolute atomic E-state index is 10.6. The number of fused-ring (bicyclic) bond motifs is 1. The van der Waals surface area contributed by atoms with Crippen LogP contribution in [0.25, 0.3) is 11.0 Å². The molecule has 1 N–H and O–H groups in total. The zero-order chi connectivity index (χ0) is 8.55. The predicted octanol–water partition coefficient (Wildman–Crippen LogP) is 1.08. The first-order chi connectivity index (χ1) is 5.83. The summed E-state index contributed by atoms with van der Waals surface area (Å²) < 4.78 is 0. The van der Waals surface area contributed by atoms with Gasteiger partial charge in [-0.05, 0) is 12.5 Å². The highest BCUT2D eigenvalue weighted by molar-refractivity contribution is 5.94. The Morgan fingerprint density at radius 2 is 2.33 bits per heavy atom. The van der Waals surface area contributed by atoms with Crippen molar-refractivity contribution in [2.24, 2.45) is 0 Å². The Kier molecular flexibility index (Phi) is 1.40. The van der Waals surface area contributed by atoms with E-state index >= 15 is 0 Å². The molecule has 0 radical (unpaired) electrons. The van der Waals surface area contributed by atoms with E-state index in [4.69, 9.17) is 0 Å². The number of carbonyl (C=O) groups excluding carboxylic acids is 1. The molecule has 2 aromatic heterocycles. The first-order valence-corrected chi connectivity index (χ1v) is 3.57. The molecular formula is C8H7N3O. The fourth-order valence-corrected chi connectivity index (χ4v) is 1.24. The highest BCUT2D eigenvalue weighted by Gasteiger charge is 2.05. The Balaban J connectivity index is 2.93. The zero-order valence-corrected chi connectivity index (χ0v) is 6.53. The van der Waals surface area contributed by atoms with Gasteiger partial charge in [0, 0.05) is 6.20 Å². The standard InChI is InChI=1S/C8H7N3O/c1-5-2-9-8-7(5)6(3-12)10-4-11-8/h2-4H,1H3,(H,9,10,11). The summed E-state index contributed by atoms with van der Waals surface area (Å²) in [5.41, 5.74) is 2.15. The number of H-pyrrole nitrogens is 1. The molecule has 0 aliphatic rings. The largest absolute Gasteiger partial charge is 0.346 e. The van der Waals surface area contributed by atoms with Crippen LogP contribution in [0.3, 0.4) is 0 Å². The van der Waals surface area contributed by atoms with E-state index in [1.54, 1.807) is 0 Å². The van der Waals surface area contributed by atoms with E-state index in [0.717, 1.165) is 17.2 Å². The average molecular weight is 161 g/mol. The monoisotopic (exact) mass is 161 g/mol. The molecule has 60 valence electrons. The van der Waals surface area contributed by atoms with Crippen LogP contribution in [0.1, 0.15) is 16.1 Å². The van der Waals surface area contributed by atoms with Gasteiger partial charge in [0.2, 0.25) is 0 Å². The van der Waals surface area contributed by atoms with Gasteiger partial charge in [-0.15, -0.1) is 0 Å². The van der Waals surface area contributed by atoms with Crippen molar-refractivity contribution in [1.29, 1.82) is 0 Å². The molecule has 0 saturated heterocycles. The van der Waals surface area contributed by atoms with E-state index in [2.05, 4.69) is 15.0 Å². The Labute approximate surface area is 68.7 Å². The summed E-state index contributed by atoms with van der Waals surface area (Å²) in [6.07, 6.45) is 3.93. The lowest BCUT2D eigenvalue weighted by molar-refractivity contribution is 0.112. The number of aldehydes is 1. The normalized spacial score (nSPS) is 10.4. The van der Waals surface area contributed by atoms with E-state index < -0.39 is 0 Å². The van der Waals surface area contributed by atoms with Crippen molar-refractivity contribution < 1.29 is 4.79 Å². The fraction of sp³-hybridized carbons (Fsp3) is 0.125.